The fourth-order valence-electron chi connectivity index (χ4n) is 2.00. The second kappa shape index (κ2) is 5.95. The monoisotopic (exact) mass is 290 g/mol. The van der Waals surface area contributed by atoms with E-state index in [1.165, 1.54) is 0 Å². The molecule has 6 nitrogen and oxygen atoms in total. The lowest BCUT2D eigenvalue weighted by Gasteiger charge is -2.11. The van der Waals surface area contributed by atoms with Crippen molar-refractivity contribution < 1.29 is 19.5 Å². The predicted octanol–water partition coefficient (Wildman–Crippen LogP) is 0.706. The summed E-state index contributed by atoms with van der Waals surface area (Å²) < 4.78 is 0. The maximum Gasteiger partial charge on any atom is 0.311 e. The smallest absolute Gasteiger partial charge is 0.311 e. The Kier molecular flexibility index (Phi) is 4.26. The highest BCUT2D eigenvalue weighted by molar-refractivity contribution is 5.96. The molecular weight excluding hydrogens is 272 g/mol. The number of aliphatic carboxylic acids is 1. The van der Waals surface area contributed by atoms with E-state index < -0.39 is 11.4 Å². The molecule has 0 radical (unpaired) electrons. The van der Waals surface area contributed by atoms with Gasteiger partial charge in [-0.15, -0.1) is 0 Å². The molecular formula is C15H18N2O4. The van der Waals surface area contributed by atoms with E-state index in [0.717, 1.165) is 5.56 Å². The SMILES string of the molecule is Cc1cccc(C(=O)NCC(=O)NCC2(C(=O)O)CC2)c1. The van der Waals surface area contributed by atoms with Gasteiger partial charge in [0.2, 0.25) is 5.91 Å². The highest BCUT2D eigenvalue weighted by Crippen LogP contribution is 2.45. The first-order valence-corrected chi connectivity index (χ1v) is 6.78. The van der Waals surface area contributed by atoms with Crippen LogP contribution in [-0.2, 0) is 9.59 Å². The second-order valence-electron chi connectivity index (χ2n) is 5.41. The van der Waals surface area contributed by atoms with Crippen molar-refractivity contribution in [2.24, 2.45) is 5.41 Å². The third kappa shape index (κ3) is 3.81. The standard InChI is InChI=1S/C15H18N2O4/c1-10-3-2-4-11(7-10)13(19)16-8-12(18)17-9-15(5-6-15)14(20)21/h2-4,7H,5-6,8-9H2,1H3,(H,16,19)(H,17,18)(H,20,21). The van der Waals surface area contributed by atoms with Gasteiger partial charge in [-0.3, -0.25) is 14.4 Å². The van der Waals surface area contributed by atoms with Crippen molar-refractivity contribution in [1.29, 1.82) is 0 Å². The molecule has 0 heterocycles. The van der Waals surface area contributed by atoms with Crippen LogP contribution in [0.1, 0.15) is 28.8 Å². The van der Waals surface area contributed by atoms with Gasteiger partial charge in [0.05, 0.1) is 12.0 Å². The van der Waals surface area contributed by atoms with Crippen molar-refractivity contribution in [3.63, 3.8) is 0 Å². The zero-order valence-electron chi connectivity index (χ0n) is 11.8. The number of amides is 2. The van der Waals surface area contributed by atoms with E-state index in [4.69, 9.17) is 5.11 Å². The van der Waals surface area contributed by atoms with Crippen molar-refractivity contribution in [3.05, 3.63) is 35.4 Å². The molecule has 1 aromatic rings. The molecule has 2 amide bonds. The van der Waals surface area contributed by atoms with Gasteiger partial charge in [-0.2, -0.15) is 0 Å². The van der Waals surface area contributed by atoms with Gasteiger partial charge in [0, 0.05) is 12.1 Å². The lowest BCUT2D eigenvalue weighted by atomic mass is 10.1. The summed E-state index contributed by atoms with van der Waals surface area (Å²) in [4.78, 5) is 34.4. The predicted molar refractivity (Wildman–Crippen MR) is 75.8 cm³/mol. The molecule has 2 rings (SSSR count). The topological polar surface area (TPSA) is 95.5 Å². The quantitative estimate of drug-likeness (QED) is 0.719. The Hall–Kier alpha value is -2.37. The maximum atomic E-state index is 11.8. The first-order valence-electron chi connectivity index (χ1n) is 6.78. The minimum Gasteiger partial charge on any atom is -0.481 e. The number of carbonyl (C=O) groups is 3. The Bertz CT molecular complexity index is 579. The molecule has 0 aliphatic heterocycles. The van der Waals surface area contributed by atoms with E-state index in [1.54, 1.807) is 18.2 Å². The van der Waals surface area contributed by atoms with Gasteiger partial charge in [0.15, 0.2) is 0 Å². The molecule has 1 aromatic carbocycles. The van der Waals surface area contributed by atoms with Crippen LogP contribution in [0.4, 0.5) is 0 Å². The lowest BCUT2D eigenvalue weighted by Crippen LogP contribution is -2.40. The fourth-order valence-corrected chi connectivity index (χ4v) is 2.00. The zero-order chi connectivity index (χ0) is 15.5. The number of rotatable bonds is 6. The molecule has 6 heteroatoms. The molecule has 112 valence electrons. The van der Waals surface area contributed by atoms with Crippen LogP contribution in [-0.4, -0.2) is 36.0 Å². The molecule has 0 unspecified atom stereocenters. The van der Waals surface area contributed by atoms with Crippen LogP contribution in [0.3, 0.4) is 0 Å². The number of benzene rings is 1. The number of carboxylic acid groups (broad SMARTS) is 1. The Balaban J connectivity index is 1.76. The average Bonchev–Trinajstić information content (AvgIpc) is 3.24. The summed E-state index contributed by atoms with van der Waals surface area (Å²) >= 11 is 0. The van der Waals surface area contributed by atoms with Crippen LogP contribution < -0.4 is 10.6 Å². The van der Waals surface area contributed by atoms with Gasteiger partial charge in [-0.1, -0.05) is 17.7 Å². The second-order valence-corrected chi connectivity index (χ2v) is 5.41. The molecule has 0 saturated heterocycles. The van der Waals surface area contributed by atoms with Gasteiger partial charge >= 0.3 is 5.97 Å². The van der Waals surface area contributed by atoms with Crippen molar-refractivity contribution >= 4 is 17.8 Å². The van der Waals surface area contributed by atoms with Gasteiger partial charge in [0.1, 0.15) is 0 Å². The third-order valence-corrected chi connectivity index (χ3v) is 3.62. The number of carbonyl (C=O) groups excluding carboxylic acids is 2. The van der Waals surface area contributed by atoms with Crippen LogP contribution in [0.2, 0.25) is 0 Å². The summed E-state index contributed by atoms with van der Waals surface area (Å²) in [5.41, 5.74) is 0.659. The van der Waals surface area contributed by atoms with Crippen LogP contribution >= 0.6 is 0 Å². The van der Waals surface area contributed by atoms with Crippen molar-refractivity contribution in [2.75, 3.05) is 13.1 Å². The van der Waals surface area contributed by atoms with Gasteiger partial charge < -0.3 is 15.7 Å². The average molecular weight is 290 g/mol. The Morgan fingerprint density at radius 2 is 1.95 bits per heavy atom. The number of hydrogen-bond donors (Lipinski definition) is 3. The van der Waals surface area contributed by atoms with Crippen molar-refractivity contribution in [2.45, 2.75) is 19.8 Å². The first-order chi connectivity index (χ1) is 9.93. The molecule has 1 saturated carbocycles. The van der Waals surface area contributed by atoms with Crippen LogP contribution in [0.25, 0.3) is 0 Å². The molecule has 21 heavy (non-hydrogen) atoms. The third-order valence-electron chi connectivity index (χ3n) is 3.62. The number of carboxylic acids is 1. The Labute approximate surface area is 122 Å². The molecule has 3 N–H and O–H groups in total. The van der Waals surface area contributed by atoms with Gasteiger partial charge in [0.25, 0.3) is 5.91 Å². The van der Waals surface area contributed by atoms with E-state index in [9.17, 15) is 14.4 Å². The number of aryl methyl sites for hydroxylation is 1. The highest BCUT2D eigenvalue weighted by Gasteiger charge is 2.50. The van der Waals surface area contributed by atoms with Gasteiger partial charge in [-0.05, 0) is 31.9 Å². The van der Waals surface area contributed by atoms with Crippen molar-refractivity contribution in [1.82, 2.24) is 10.6 Å². The van der Waals surface area contributed by atoms with Gasteiger partial charge in [-0.25, -0.2) is 0 Å². The van der Waals surface area contributed by atoms with Crippen molar-refractivity contribution in [3.8, 4) is 0 Å². The molecule has 0 aromatic heterocycles. The molecule has 0 spiro atoms. The Morgan fingerprint density at radius 3 is 2.52 bits per heavy atom. The van der Waals surface area contributed by atoms with E-state index in [2.05, 4.69) is 10.6 Å². The fraction of sp³-hybridized carbons (Fsp3) is 0.400. The van der Waals surface area contributed by atoms with E-state index in [0.29, 0.717) is 18.4 Å². The molecule has 1 aliphatic carbocycles. The van der Waals surface area contributed by atoms with Crippen LogP contribution in [0, 0.1) is 12.3 Å². The summed E-state index contributed by atoms with van der Waals surface area (Å²) in [6.07, 6.45) is 1.16. The Morgan fingerprint density at radius 1 is 1.24 bits per heavy atom. The minimum atomic E-state index is -0.883. The lowest BCUT2D eigenvalue weighted by molar-refractivity contribution is -0.143. The number of hydrogen-bond acceptors (Lipinski definition) is 3. The number of nitrogens with one attached hydrogen (secondary N) is 2. The van der Waals surface area contributed by atoms with E-state index >= 15 is 0 Å². The summed E-state index contributed by atoms with van der Waals surface area (Å²) in [5, 5.41) is 14.1. The molecule has 1 aliphatic rings. The summed E-state index contributed by atoms with van der Waals surface area (Å²) in [6.45, 7) is 1.83. The zero-order valence-corrected chi connectivity index (χ0v) is 11.8. The first kappa shape index (κ1) is 15.0. The molecule has 0 bridgehead atoms. The summed E-state index contributed by atoms with van der Waals surface area (Å²) in [7, 11) is 0. The summed E-state index contributed by atoms with van der Waals surface area (Å²) in [6, 6.07) is 7.05. The van der Waals surface area contributed by atoms with E-state index in [-0.39, 0.29) is 24.9 Å². The molecule has 1 fully saturated rings. The van der Waals surface area contributed by atoms with E-state index in [1.807, 2.05) is 13.0 Å². The van der Waals surface area contributed by atoms with Crippen LogP contribution in [0.15, 0.2) is 24.3 Å². The largest absolute Gasteiger partial charge is 0.481 e. The molecule has 0 atom stereocenters. The van der Waals surface area contributed by atoms with Crippen LogP contribution in [0.5, 0.6) is 0 Å². The normalized spacial score (nSPS) is 15.1. The highest BCUT2D eigenvalue weighted by atomic mass is 16.4. The summed E-state index contributed by atoms with van der Waals surface area (Å²) in [5.74, 6) is -1.59. The minimum absolute atomic E-state index is 0.113. The maximum absolute atomic E-state index is 11.8.